The molecule has 7 rings (SSSR count). The number of carbonyl (C=O) groups excluding carboxylic acids is 1. The molecule has 4 heterocycles. The highest BCUT2D eigenvalue weighted by molar-refractivity contribution is 6.20. The maximum Gasteiger partial charge on any atom is 0.392 e. The SMILES string of the molecule is CN1CNNC1CC1(C2CCCC(N3CC4C(CC(CN5CC6CCC(Cl)CC6C5)CC4C(F)(F)F)C3=O)C2)COC1. The second-order valence-corrected chi connectivity index (χ2v) is 15.8. The lowest BCUT2D eigenvalue weighted by Gasteiger charge is -2.52. The molecule has 3 aliphatic carbocycles. The summed E-state index contributed by atoms with van der Waals surface area (Å²) in [6.07, 6.45) is 4.85. The van der Waals surface area contributed by atoms with Gasteiger partial charge in [-0.2, -0.15) is 13.2 Å². The van der Waals surface area contributed by atoms with Crippen molar-refractivity contribution in [3.8, 4) is 0 Å². The van der Waals surface area contributed by atoms with Gasteiger partial charge in [-0.3, -0.25) is 9.69 Å². The van der Waals surface area contributed by atoms with Crippen LogP contribution in [0.3, 0.4) is 0 Å². The molecular formula is C31H49ClF3N5O2. The highest BCUT2D eigenvalue weighted by Gasteiger charge is 2.58. The van der Waals surface area contributed by atoms with E-state index in [4.69, 9.17) is 16.3 Å². The van der Waals surface area contributed by atoms with Gasteiger partial charge in [-0.15, -0.1) is 11.6 Å². The number of amides is 1. The average Bonchev–Trinajstić information content (AvgIpc) is 3.61. The van der Waals surface area contributed by atoms with Gasteiger partial charge in [0.15, 0.2) is 0 Å². The van der Waals surface area contributed by atoms with Crippen molar-refractivity contribution in [3.63, 3.8) is 0 Å². The zero-order valence-electron chi connectivity index (χ0n) is 25.0. The fourth-order valence-corrected chi connectivity index (χ4v) is 10.7. The summed E-state index contributed by atoms with van der Waals surface area (Å²) < 4.78 is 49.4. The van der Waals surface area contributed by atoms with E-state index in [0.717, 1.165) is 84.3 Å². The summed E-state index contributed by atoms with van der Waals surface area (Å²) in [5, 5.41) is 0.238. The van der Waals surface area contributed by atoms with Gasteiger partial charge in [0, 0.05) is 48.9 Å². The number of hydrazine groups is 1. The predicted octanol–water partition coefficient (Wildman–Crippen LogP) is 4.28. The second kappa shape index (κ2) is 11.6. The third-order valence-electron chi connectivity index (χ3n) is 12.7. The quantitative estimate of drug-likeness (QED) is 0.435. The topological polar surface area (TPSA) is 60.1 Å². The van der Waals surface area contributed by atoms with Gasteiger partial charge in [-0.25, -0.2) is 10.9 Å². The summed E-state index contributed by atoms with van der Waals surface area (Å²) in [4.78, 5) is 20.6. The molecule has 7 nitrogen and oxygen atoms in total. The largest absolute Gasteiger partial charge is 0.392 e. The first kappa shape index (κ1) is 30.0. The van der Waals surface area contributed by atoms with Crippen LogP contribution in [0.15, 0.2) is 0 Å². The molecule has 4 aliphatic heterocycles. The molecule has 10 atom stereocenters. The van der Waals surface area contributed by atoms with Gasteiger partial charge < -0.3 is 14.5 Å². The molecule has 0 aromatic carbocycles. The number of rotatable bonds is 6. The number of halogens is 4. The average molecular weight is 616 g/mol. The Morgan fingerprint density at radius 3 is 2.55 bits per heavy atom. The van der Waals surface area contributed by atoms with E-state index in [2.05, 4.69) is 27.7 Å². The van der Waals surface area contributed by atoms with Gasteiger partial charge in [-0.05, 0) is 94.4 Å². The monoisotopic (exact) mass is 615 g/mol. The third-order valence-corrected chi connectivity index (χ3v) is 13.1. The normalized spacial score (nSPS) is 44.7. The van der Waals surface area contributed by atoms with E-state index < -0.39 is 23.9 Å². The van der Waals surface area contributed by atoms with Gasteiger partial charge in [-0.1, -0.05) is 6.42 Å². The van der Waals surface area contributed by atoms with Crippen molar-refractivity contribution < 1.29 is 22.7 Å². The van der Waals surface area contributed by atoms with Crippen molar-refractivity contribution >= 4 is 17.5 Å². The molecule has 7 aliphatic rings. The Hall–Kier alpha value is -0.650. The number of alkyl halides is 4. The smallest absolute Gasteiger partial charge is 0.380 e. The van der Waals surface area contributed by atoms with Gasteiger partial charge in [0.2, 0.25) is 5.91 Å². The van der Waals surface area contributed by atoms with E-state index in [1.54, 1.807) is 0 Å². The Bertz CT molecular complexity index is 1000. The van der Waals surface area contributed by atoms with Gasteiger partial charge in [0.25, 0.3) is 0 Å². The van der Waals surface area contributed by atoms with Gasteiger partial charge in [0.1, 0.15) is 0 Å². The minimum atomic E-state index is -4.26. The standard InChI is InChI=1S/C31H49ClF3N5O2/c1-38-18-36-37-28(38)11-30(16-42-17-30)22-3-2-4-24(10-22)40-15-26-25(29(40)41)7-19(8-27(26)31(33,34)35)12-39-13-20-5-6-23(32)9-21(20)14-39/h19-28,36-37H,2-18H2,1H3. The van der Waals surface area contributed by atoms with Crippen molar-refractivity contribution in [1.29, 1.82) is 0 Å². The molecule has 0 bridgehead atoms. The maximum absolute atomic E-state index is 14.6. The molecule has 2 N–H and O–H groups in total. The van der Waals surface area contributed by atoms with Crippen LogP contribution in [-0.2, 0) is 9.53 Å². The molecule has 3 saturated carbocycles. The van der Waals surface area contributed by atoms with E-state index >= 15 is 0 Å². The highest BCUT2D eigenvalue weighted by Crippen LogP contribution is 2.53. The number of hydrogen-bond donors (Lipinski definition) is 2. The first-order valence-electron chi connectivity index (χ1n) is 16.6. The van der Waals surface area contributed by atoms with E-state index in [9.17, 15) is 18.0 Å². The van der Waals surface area contributed by atoms with Crippen LogP contribution in [0.5, 0.6) is 0 Å². The molecule has 238 valence electrons. The van der Waals surface area contributed by atoms with Crippen LogP contribution in [-0.4, -0.2) is 97.5 Å². The molecule has 42 heavy (non-hydrogen) atoms. The Labute approximate surface area is 253 Å². The van der Waals surface area contributed by atoms with Crippen LogP contribution in [0.1, 0.15) is 64.2 Å². The van der Waals surface area contributed by atoms with Crippen LogP contribution < -0.4 is 10.9 Å². The molecule has 1 amide bonds. The van der Waals surface area contributed by atoms with Crippen LogP contribution in [0.4, 0.5) is 13.2 Å². The predicted molar refractivity (Wildman–Crippen MR) is 154 cm³/mol. The molecule has 0 aromatic rings. The van der Waals surface area contributed by atoms with Crippen LogP contribution in [0.2, 0.25) is 0 Å². The number of likely N-dealkylation sites (tertiary alicyclic amines) is 2. The van der Waals surface area contributed by atoms with E-state index in [1.807, 2.05) is 4.90 Å². The van der Waals surface area contributed by atoms with E-state index in [1.165, 1.54) is 0 Å². The third kappa shape index (κ3) is 5.63. The zero-order chi connectivity index (χ0) is 29.2. The fourth-order valence-electron chi connectivity index (χ4n) is 10.3. The summed E-state index contributed by atoms with van der Waals surface area (Å²) in [5.74, 6) is -0.916. The van der Waals surface area contributed by atoms with E-state index in [-0.39, 0.29) is 47.8 Å². The number of nitrogens with zero attached hydrogens (tertiary/aromatic N) is 3. The molecule has 7 fully saturated rings. The summed E-state index contributed by atoms with van der Waals surface area (Å²) >= 11 is 6.44. The minimum absolute atomic E-state index is 0.00461. The first-order valence-corrected chi connectivity index (χ1v) is 17.0. The van der Waals surface area contributed by atoms with Crippen molar-refractivity contribution in [1.82, 2.24) is 25.6 Å². The minimum Gasteiger partial charge on any atom is -0.380 e. The summed E-state index contributed by atoms with van der Waals surface area (Å²) in [7, 11) is 2.11. The Morgan fingerprint density at radius 2 is 1.83 bits per heavy atom. The second-order valence-electron chi connectivity index (χ2n) is 15.2. The maximum atomic E-state index is 14.6. The van der Waals surface area contributed by atoms with Crippen molar-refractivity contribution in [2.75, 3.05) is 53.1 Å². The molecular weight excluding hydrogens is 567 g/mol. The van der Waals surface area contributed by atoms with Crippen molar-refractivity contribution in [2.45, 2.75) is 88.0 Å². The van der Waals surface area contributed by atoms with E-state index in [0.29, 0.717) is 30.7 Å². The molecule has 0 aromatic heterocycles. The highest BCUT2D eigenvalue weighted by atomic mass is 35.5. The fraction of sp³-hybridized carbons (Fsp3) is 0.968. The lowest BCUT2D eigenvalue weighted by atomic mass is 9.64. The Balaban J connectivity index is 1.03. The number of nitrogens with one attached hydrogen (secondary N) is 2. The number of fused-ring (bicyclic) bond motifs is 2. The zero-order valence-corrected chi connectivity index (χ0v) is 25.7. The summed E-state index contributed by atoms with van der Waals surface area (Å²) in [6.45, 7) is 5.17. The number of carbonyl (C=O) groups is 1. The van der Waals surface area contributed by atoms with Gasteiger partial charge in [0.05, 0.1) is 32.0 Å². The van der Waals surface area contributed by atoms with Crippen molar-refractivity contribution in [2.24, 2.45) is 46.8 Å². The molecule has 10 unspecified atom stereocenters. The lowest BCUT2D eigenvalue weighted by molar-refractivity contribution is -0.204. The van der Waals surface area contributed by atoms with Crippen LogP contribution in [0.25, 0.3) is 0 Å². The van der Waals surface area contributed by atoms with Crippen molar-refractivity contribution in [3.05, 3.63) is 0 Å². The Kier molecular flexibility index (Phi) is 8.30. The van der Waals surface area contributed by atoms with Crippen LogP contribution >= 0.6 is 11.6 Å². The molecule has 0 radical (unpaired) electrons. The Morgan fingerprint density at radius 1 is 1.02 bits per heavy atom. The molecule has 0 spiro atoms. The molecule has 4 saturated heterocycles. The number of ether oxygens (including phenoxy) is 1. The first-order chi connectivity index (χ1) is 20.1. The van der Waals surface area contributed by atoms with Crippen LogP contribution in [0, 0.1) is 46.8 Å². The lowest BCUT2D eigenvalue weighted by Crippen LogP contribution is -2.56. The number of hydrogen-bond acceptors (Lipinski definition) is 6. The van der Waals surface area contributed by atoms with Gasteiger partial charge >= 0.3 is 6.18 Å². The molecule has 11 heteroatoms. The summed E-state index contributed by atoms with van der Waals surface area (Å²) in [5.41, 5.74) is 6.68. The summed E-state index contributed by atoms with van der Waals surface area (Å²) in [6, 6.07) is 0.0456.